The van der Waals surface area contributed by atoms with E-state index in [1.54, 1.807) is 22.2 Å². The Morgan fingerprint density at radius 1 is 1.11 bits per heavy atom. The van der Waals surface area contributed by atoms with Crippen LogP contribution in [-0.2, 0) is 9.53 Å². The first-order valence-corrected chi connectivity index (χ1v) is 9.90. The van der Waals surface area contributed by atoms with Crippen molar-refractivity contribution in [3.05, 3.63) is 18.1 Å². The van der Waals surface area contributed by atoms with Gasteiger partial charge in [0.15, 0.2) is 5.82 Å². The molecule has 0 saturated carbocycles. The van der Waals surface area contributed by atoms with Gasteiger partial charge in [0.05, 0.1) is 5.69 Å². The predicted molar refractivity (Wildman–Crippen MR) is 106 cm³/mol. The Labute approximate surface area is 166 Å². The highest BCUT2D eigenvalue weighted by atomic mass is 16.6. The van der Waals surface area contributed by atoms with Crippen LogP contribution in [0.2, 0.25) is 0 Å². The standard InChI is InChI=1S/C20H31N5O3/c1-20(2,3)28-19(27)25-12-15(13-25)16-17(22-9-8-21-16)24-10-6-14(7-11-24)18(26)23(4)5/h8-9,14-15H,6-7,10-13H2,1-5H3. The van der Waals surface area contributed by atoms with E-state index in [4.69, 9.17) is 4.74 Å². The van der Waals surface area contributed by atoms with Crippen LogP contribution in [0.1, 0.15) is 45.2 Å². The van der Waals surface area contributed by atoms with Crippen LogP contribution in [0.5, 0.6) is 0 Å². The van der Waals surface area contributed by atoms with Crippen molar-refractivity contribution >= 4 is 17.8 Å². The molecule has 0 atom stereocenters. The molecule has 0 aromatic carbocycles. The fourth-order valence-electron chi connectivity index (χ4n) is 3.70. The molecule has 2 amide bonds. The molecule has 2 saturated heterocycles. The van der Waals surface area contributed by atoms with Crippen molar-refractivity contribution < 1.29 is 14.3 Å². The molecule has 0 N–H and O–H groups in total. The van der Waals surface area contributed by atoms with E-state index in [0.717, 1.165) is 37.4 Å². The third kappa shape index (κ3) is 4.54. The molecule has 2 aliphatic rings. The van der Waals surface area contributed by atoms with Crippen molar-refractivity contribution in [1.29, 1.82) is 0 Å². The lowest BCUT2D eigenvalue weighted by Gasteiger charge is -2.41. The Morgan fingerprint density at radius 2 is 1.71 bits per heavy atom. The maximum absolute atomic E-state index is 12.2. The van der Waals surface area contributed by atoms with E-state index >= 15 is 0 Å². The topological polar surface area (TPSA) is 78.9 Å². The van der Waals surface area contributed by atoms with Crippen molar-refractivity contribution in [3.8, 4) is 0 Å². The molecule has 8 nitrogen and oxygen atoms in total. The second-order valence-electron chi connectivity index (χ2n) is 8.84. The van der Waals surface area contributed by atoms with Crippen LogP contribution in [0.4, 0.5) is 10.6 Å². The van der Waals surface area contributed by atoms with Crippen molar-refractivity contribution in [3.63, 3.8) is 0 Å². The van der Waals surface area contributed by atoms with Crippen molar-refractivity contribution in [2.24, 2.45) is 5.92 Å². The molecule has 0 spiro atoms. The predicted octanol–water partition coefficient (Wildman–Crippen LogP) is 2.12. The first-order chi connectivity index (χ1) is 13.2. The second kappa shape index (κ2) is 7.93. The summed E-state index contributed by atoms with van der Waals surface area (Å²) < 4.78 is 5.43. The summed E-state index contributed by atoms with van der Waals surface area (Å²) in [6.07, 6.45) is 4.78. The molecule has 0 bridgehead atoms. The van der Waals surface area contributed by atoms with Gasteiger partial charge >= 0.3 is 6.09 Å². The number of amides is 2. The maximum Gasteiger partial charge on any atom is 0.410 e. The lowest BCUT2D eigenvalue weighted by molar-refractivity contribution is -0.133. The fraction of sp³-hybridized carbons (Fsp3) is 0.700. The zero-order valence-corrected chi connectivity index (χ0v) is 17.5. The van der Waals surface area contributed by atoms with Gasteiger partial charge in [-0.15, -0.1) is 0 Å². The first-order valence-electron chi connectivity index (χ1n) is 9.90. The van der Waals surface area contributed by atoms with E-state index in [9.17, 15) is 9.59 Å². The number of carbonyl (C=O) groups excluding carboxylic acids is 2. The molecule has 2 fully saturated rings. The number of carbonyl (C=O) groups is 2. The number of ether oxygens (including phenoxy) is 1. The van der Waals surface area contributed by atoms with Gasteiger partial charge < -0.3 is 19.4 Å². The van der Waals surface area contributed by atoms with Crippen molar-refractivity contribution in [2.75, 3.05) is 45.2 Å². The molecular formula is C20H31N5O3. The molecule has 0 unspecified atom stereocenters. The van der Waals surface area contributed by atoms with Gasteiger partial charge in [0, 0.05) is 64.5 Å². The average molecular weight is 390 g/mol. The summed E-state index contributed by atoms with van der Waals surface area (Å²) in [5.41, 5.74) is 0.438. The van der Waals surface area contributed by atoms with Gasteiger partial charge in [-0.2, -0.15) is 0 Å². The molecule has 1 aromatic rings. The first kappa shape index (κ1) is 20.4. The molecular weight excluding hydrogens is 358 g/mol. The zero-order valence-electron chi connectivity index (χ0n) is 17.5. The fourth-order valence-corrected chi connectivity index (χ4v) is 3.70. The summed E-state index contributed by atoms with van der Waals surface area (Å²) in [5.74, 6) is 1.33. The summed E-state index contributed by atoms with van der Waals surface area (Å²) in [6.45, 7) is 8.37. The quantitative estimate of drug-likeness (QED) is 0.788. The van der Waals surface area contributed by atoms with Crippen LogP contribution < -0.4 is 4.90 Å². The largest absolute Gasteiger partial charge is 0.444 e. The summed E-state index contributed by atoms with van der Waals surface area (Å²) >= 11 is 0. The summed E-state index contributed by atoms with van der Waals surface area (Å²) in [5, 5.41) is 0. The molecule has 3 rings (SSSR count). The molecule has 0 radical (unpaired) electrons. The molecule has 28 heavy (non-hydrogen) atoms. The molecule has 0 aliphatic carbocycles. The number of likely N-dealkylation sites (tertiary alicyclic amines) is 1. The Balaban J connectivity index is 1.61. The lowest BCUT2D eigenvalue weighted by atomic mass is 9.93. The van der Waals surface area contributed by atoms with Crippen LogP contribution in [0.15, 0.2) is 12.4 Å². The molecule has 154 valence electrons. The van der Waals surface area contributed by atoms with Crippen molar-refractivity contribution in [1.82, 2.24) is 19.8 Å². The normalized spacial score (nSPS) is 18.6. The zero-order chi connectivity index (χ0) is 20.5. The number of aromatic nitrogens is 2. The highest BCUT2D eigenvalue weighted by Crippen LogP contribution is 2.33. The van der Waals surface area contributed by atoms with E-state index in [1.807, 2.05) is 34.9 Å². The second-order valence-corrected chi connectivity index (χ2v) is 8.84. The number of nitrogens with zero attached hydrogens (tertiary/aromatic N) is 5. The number of anilines is 1. The van der Waals surface area contributed by atoms with E-state index in [-0.39, 0.29) is 23.8 Å². The van der Waals surface area contributed by atoms with Gasteiger partial charge in [0.25, 0.3) is 0 Å². The van der Waals surface area contributed by atoms with Gasteiger partial charge in [0.1, 0.15) is 5.60 Å². The van der Waals surface area contributed by atoms with E-state index in [0.29, 0.717) is 13.1 Å². The monoisotopic (exact) mass is 389 g/mol. The van der Waals surface area contributed by atoms with Crippen molar-refractivity contribution in [2.45, 2.75) is 45.1 Å². The Hall–Kier alpha value is -2.38. The maximum atomic E-state index is 12.2. The number of hydrogen-bond donors (Lipinski definition) is 0. The number of hydrogen-bond acceptors (Lipinski definition) is 6. The summed E-state index contributed by atoms with van der Waals surface area (Å²) in [4.78, 5) is 39.1. The summed E-state index contributed by atoms with van der Waals surface area (Å²) in [6, 6.07) is 0. The molecule has 2 aliphatic heterocycles. The summed E-state index contributed by atoms with van der Waals surface area (Å²) in [7, 11) is 3.62. The smallest absolute Gasteiger partial charge is 0.410 e. The SMILES string of the molecule is CN(C)C(=O)C1CCN(c2nccnc2C2CN(C(=O)OC(C)(C)C)C2)CC1. The van der Waals surface area contributed by atoms with Crippen LogP contribution >= 0.6 is 0 Å². The van der Waals surface area contributed by atoms with E-state index < -0.39 is 5.60 Å². The van der Waals surface area contributed by atoms with Crippen LogP contribution in [0.3, 0.4) is 0 Å². The van der Waals surface area contributed by atoms with Gasteiger partial charge in [0.2, 0.25) is 5.91 Å². The molecule has 3 heterocycles. The van der Waals surface area contributed by atoms with E-state index in [2.05, 4.69) is 14.9 Å². The van der Waals surface area contributed by atoms with Gasteiger partial charge in [-0.1, -0.05) is 0 Å². The van der Waals surface area contributed by atoms with Crippen LogP contribution in [0.25, 0.3) is 0 Å². The van der Waals surface area contributed by atoms with E-state index in [1.165, 1.54) is 0 Å². The average Bonchev–Trinajstić information content (AvgIpc) is 2.59. The molecule has 1 aromatic heterocycles. The third-order valence-corrected chi connectivity index (χ3v) is 5.21. The third-order valence-electron chi connectivity index (χ3n) is 5.21. The minimum atomic E-state index is -0.492. The minimum Gasteiger partial charge on any atom is -0.444 e. The minimum absolute atomic E-state index is 0.0812. The lowest BCUT2D eigenvalue weighted by Crippen LogP contribution is -2.51. The van der Waals surface area contributed by atoms with Gasteiger partial charge in [-0.3, -0.25) is 9.78 Å². The highest BCUT2D eigenvalue weighted by molar-refractivity contribution is 5.78. The highest BCUT2D eigenvalue weighted by Gasteiger charge is 2.38. The van der Waals surface area contributed by atoms with Crippen LogP contribution in [0, 0.1) is 5.92 Å². The molecule has 8 heteroatoms. The van der Waals surface area contributed by atoms with Gasteiger partial charge in [-0.05, 0) is 33.6 Å². The number of rotatable bonds is 3. The Morgan fingerprint density at radius 3 is 2.29 bits per heavy atom. The van der Waals surface area contributed by atoms with Crippen LogP contribution in [-0.4, -0.2) is 77.6 Å². The van der Waals surface area contributed by atoms with Gasteiger partial charge in [-0.25, -0.2) is 9.78 Å². The Bertz CT molecular complexity index is 717. The Kier molecular flexibility index (Phi) is 5.76. The number of piperidine rings is 1.